The predicted octanol–water partition coefficient (Wildman–Crippen LogP) is 1.91. The smallest absolute Gasteiger partial charge is 0.256 e. The van der Waals surface area contributed by atoms with Gasteiger partial charge in [0.25, 0.3) is 5.91 Å². The summed E-state index contributed by atoms with van der Waals surface area (Å²) in [6, 6.07) is 7.81. The van der Waals surface area contributed by atoms with Gasteiger partial charge in [-0.05, 0) is 17.7 Å². The van der Waals surface area contributed by atoms with Gasteiger partial charge in [0, 0.05) is 6.42 Å². The molecule has 1 amide bonds. The van der Waals surface area contributed by atoms with E-state index in [0.717, 1.165) is 22.8 Å². The van der Waals surface area contributed by atoms with Crippen LogP contribution in [0.1, 0.15) is 5.56 Å². The molecule has 78 valence electrons. The minimum absolute atomic E-state index is 0.0245. The van der Waals surface area contributed by atoms with E-state index in [2.05, 4.69) is 4.99 Å². The monoisotopic (exact) mass is 221 g/mol. The molecule has 0 aromatic heterocycles. The van der Waals surface area contributed by atoms with Crippen LogP contribution in [0, 0.1) is 0 Å². The minimum atomic E-state index is -0.0245. The fraction of sp³-hybridized carbons (Fsp3) is 0.273. The number of hydrogen-bond donors (Lipinski definition) is 0. The van der Waals surface area contributed by atoms with Crippen LogP contribution >= 0.6 is 11.8 Å². The summed E-state index contributed by atoms with van der Waals surface area (Å²) in [4.78, 5) is 14.9. The van der Waals surface area contributed by atoms with Crippen LogP contribution < -0.4 is 4.74 Å². The SMILES string of the molecule is COc1ccc(CC2=NC(=O)CS2)cc1. The fourth-order valence-electron chi connectivity index (χ4n) is 1.36. The Labute approximate surface area is 92.5 Å². The van der Waals surface area contributed by atoms with Gasteiger partial charge in [-0.2, -0.15) is 0 Å². The molecule has 0 fully saturated rings. The summed E-state index contributed by atoms with van der Waals surface area (Å²) in [6.07, 6.45) is 0.737. The molecule has 0 radical (unpaired) electrons. The summed E-state index contributed by atoms with van der Waals surface area (Å²) in [7, 11) is 1.64. The van der Waals surface area contributed by atoms with Crippen LogP contribution in [-0.4, -0.2) is 23.8 Å². The lowest BCUT2D eigenvalue weighted by atomic mass is 10.1. The number of rotatable bonds is 3. The van der Waals surface area contributed by atoms with Crippen LogP contribution in [0.5, 0.6) is 5.75 Å². The molecule has 0 saturated carbocycles. The van der Waals surface area contributed by atoms with E-state index < -0.39 is 0 Å². The van der Waals surface area contributed by atoms with Crippen molar-refractivity contribution in [2.45, 2.75) is 6.42 Å². The molecule has 1 aromatic rings. The Kier molecular flexibility index (Phi) is 3.06. The number of ether oxygens (including phenoxy) is 1. The first-order chi connectivity index (χ1) is 7.28. The van der Waals surface area contributed by atoms with Crippen LogP contribution in [0.4, 0.5) is 0 Å². The molecule has 1 aliphatic heterocycles. The number of methoxy groups -OCH3 is 1. The second kappa shape index (κ2) is 4.49. The van der Waals surface area contributed by atoms with E-state index in [0.29, 0.717) is 5.75 Å². The molecule has 0 spiro atoms. The third kappa shape index (κ3) is 2.59. The maximum Gasteiger partial charge on any atom is 0.256 e. The van der Waals surface area contributed by atoms with E-state index in [1.807, 2.05) is 24.3 Å². The molecule has 2 rings (SSSR count). The third-order valence-electron chi connectivity index (χ3n) is 2.13. The zero-order valence-electron chi connectivity index (χ0n) is 8.40. The number of carbonyl (C=O) groups excluding carboxylic acids is 1. The summed E-state index contributed by atoms with van der Waals surface area (Å²) < 4.78 is 5.07. The van der Waals surface area contributed by atoms with E-state index in [4.69, 9.17) is 4.74 Å². The Morgan fingerprint density at radius 3 is 2.67 bits per heavy atom. The zero-order valence-corrected chi connectivity index (χ0v) is 9.21. The van der Waals surface area contributed by atoms with Gasteiger partial charge in [-0.15, -0.1) is 11.8 Å². The van der Waals surface area contributed by atoms with Gasteiger partial charge in [-0.25, -0.2) is 4.99 Å². The quantitative estimate of drug-likeness (QED) is 0.782. The first-order valence-electron chi connectivity index (χ1n) is 4.64. The van der Waals surface area contributed by atoms with Crippen LogP contribution in [0.15, 0.2) is 29.3 Å². The Balaban J connectivity index is 2.05. The maximum absolute atomic E-state index is 10.9. The predicted molar refractivity (Wildman–Crippen MR) is 61.6 cm³/mol. The number of nitrogens with zero attached hydrogens (tertiary/aromatic N) is 1. The zero-order chi connectivity index (χ0) is 10.7. The van der Waals surface area contributed by atoms with Gasteiger partial charge in [-0.3, -0.25) is 4.79 Å². The molecular formula is C11H11NO2S. The van der Waals surface area contributed by atoms with Crippen molar-refractivity contribution >= 4 is 22.7 Å². The second-order valence-electron chi connectivity index (χ2n) is 3.21. The van der Waals surface area contributed by atoms with E-state index in [-0.39, 0.29) is 5.91 Å². The molecule has 0 N–H and O–H groups in total. The van der Waals surface area contributed by atoms with Crippen molar-refractivity contribution in [3.8, 4) is 5.75 Å². The Morgan fingerprint density at radius 2 is 2.13 bits per heavy atom. The van der Waals surface area contributed by atoms with E-state index in [1.54, 1.807) is 7.11 Å². The number of aliphatic imine (C=N–C) groups is 1. The number of carbonyl (C=O) groups is 1. The second-order valence-corrected chi connectivity index (χ2v) is 4.26. The Hall–Kier alpha value is -1.29. The van der Waals surface area contributed by atoms with Crippen LogP contribution in [0.2, 0.25) is 0 Å². The molecule has 0 atom stereocenters. The molecule has 3 nitrogen and oxygen atoms in total. The molecule has 0 aliphatic carbocycles. The Bertz CT molecular complexity index is 398. The molecule has 0 saturated heterocycles. The van der Waals surface area contributed by atoms with E-state index >= 15 is 0 Å². The van der Waals surface area contributed by atoms with Crippen molar-refractivity contribution in [2.75, 3.05) is 12.9 Å². The molecule has 1 aliphatic rings. The largest absolute Gasteiger partial charge is 0.497 e. The molecule has 1 aromatic carbocycles. The number of amides is 1. The summed E-state index contributed by atoms with van der Waals surface area (Å²) in [5, 5.41) is 0.908. The third-order valence-corrected chi connectivity index (χ3v) is 3.09. The van der Waals surface area contributed by atoms with E-state index in [9.17, 15) is 4.79 Å². The highest BCUT2D eigenvalue weighted by Crippen LogP contribution is 2.18. The van der Waals surface area contributed by atoms with Gasteiger partial charge < -0.3 is 4.74 Å². The van der Waals surface area contributed by atoms with Gasteiger partial charge in [0.15, 0.2) is 0 Å². The van der Waals surface area contributed by atoms with E-state index in [1.165, 1.54) is 11.8 Å². The molecule has 15 heavy (non-hydrogen) atoms. The van der Waals surface area contributed by atoms with Gasteiger partial charge in [0.1, 0.15) is 5.75 Å². The highest BCUT2D eigenvalue weighted by molar-refractivity contribution is 8.15. The molecule has 0 unspecified atom stereocenters. The van der Waals surface area contributed by atoms with Gasteiger partial charge in [0.2, 0.25) is 0 Å². The van der Waals surface area contributed by atoms with Gasteiger partial charge in [-0.1, -0.05) is 12.1 Å². The first kappa shape index (κ1) is 10.2. The van der Waals surface area contributed by atoms with Crippen molar-refractivity contribution in [2.24, 2.45) is 4.99 Å². The molecule has 4 heteroatoms. The van der Waals surface area contributed by atoms with Crippen molar-refractivity contribution in [3.63, 3.8) is 0 Å². The van der Waals surface area contributed by atoms with Crippen molar-refractivity contribution in [1.29, 1.82) is 0 Å². The number of hydrogen-bond acceptors (Lipinski definition) is 3. The summed E-state index contributed by atoms with van der Waals surface area (Å²) in [5.41, 5.74) is 1.15. The lowest BCUT2D eigenvalue weighted by Gasteiger charge is -2.02. The van der Waals surface area contributed by atoms with Crippen molar-refractivity contribution in [1.82, 2.24) is 0 Å². The van der Waals surface area contributed by atoms with Crippen LogP contribution in [0.3, 0.4) is 0 Å². The van der Waals surface area contributed by atoms with Crippen molar-refractivity contribution in [3.05, 3.63) is 29.8 Å². The average molecular weight is 221 g/mol. The summed E-state index contributed by atoms with van der Waals surface area (Å²) >= 11 is 1.52. The van der Waals surface area contributed by atoms with Gasteiger partial charge in [0.05, 0.1) is 17.9 Å². The first-order valence-corrected chi connectivity index (χ1v) is 5.62. The standard InChI is InChI=1S/C11H11NO2S/c1-14-9-4-2-8(3-5-9)6-11-12-10(13)7-15-11/h2-5H,6-7H2,1H3. The lowest BCUT2D eigenvalue weighted by Crippen LogP contribution is -1.95. The molecule has 0 bridgehead atoms. The molecular weight excluding hydrogens is 210 g/mol. The lowest BCUT2D eigenvalue weighted by molar-refractivity contribution is -0.115. The maximum atomic E-state index is 10.9. The fourth-order valence-corrected chi connectivity index (χ4v) is 2.15. The minimum Gasteiger partial charge on any atom is -0.497 e. The van der Waals surface area contributed by atoms with Crippen LogP contribution in [0.25, 0.3) is 0 Å². The van der Waals surface area contributed by atoms with Crippen molar-refractivity contribution < 1.29 is 9.53 Å². The number of benzene rings is 1. The summed E-state index contributed by atoms with van der Waals surface area (Å²) in [6.45, 7) is 0. The van der Waals surface area contributed by atoms with Crippen LogP contribution in [-0.2, 0) is 11.2 Å². The average Bonchev–Trinajstić information content (AvgIpc) is 2.65. The normalized spacial score (nSPS) is 15.3. The topological polar surface area (TPSA) is 38.7 Å². The van der Waals surface area contributed by atoms with Gasteiger partial charge >= 0.3 is 0 Å². The highest BCUT2D eigenvalue weighted by Gasteiger charge is 2.14. The number of thioether (sulfide) groups is 1. The Morgan fingerprint density at radius 1 is 1.40 bits per heavy atom. The highest BCUT2D eigenvalue weighted by atomic mass is 32.2. The molecule has 1 heterocycles. The summed E-state index contributed by atoms with van der Waals surface area (Å²) in [5.74, 6) is 1.31.